The number of benzene rings is 1. The van der Waals surface area contributed by atoms with Crippen LogP contribution < -0.4 is 5.32 Å². The van der Waals surface area contributed by atoms with E-state index < -0.39 is 0 Å². The number of phenolic OH excluding ortho intramolecular Hbond substituents is 1. The zero-order valence-corrected chi connectivity index (χ0v) is 12.2. The largest absolute Gasteiger partial charge is 0.507 e. The van der Waals surface area contributed by atoms with Crippen LogP contribution in [0.15, 0.2) is 18.2 Å². The molecular weight excluding hydrogens is 236 g/mol. The number of unbranched alkanes of at least 4 members (excludes halogenated alkanes) is 1. The Kier molecular flexibility index (Phi) is 5.23. The molecule has 1 heterocycles. The zero-order chi connectivity index (χ0) is 13.7. The molecule has 19 heavy (non-hydrogen) atoms. The maximum atomic E-state index is 10.4. The molecule has 2 rings (SSSR count). The summed E-state index contributed by atoms with van der Waals surface area (Å²) in [5.41, 5.74) is 2.09. The van der Waals surface area contributed by atoms with Crippen LogP contribution in [0.4, 0.5) is 0 Å². The zero-order valence-electron chi connectivity index (χ0n) is 12.2. The third-order valence-electron chi connectivity index (χ3n) is 4.05. The Morgan fingerprint density at radius 2 is 2.05 bits per heavy atom. The van der Waals surface area contributed by atoms with E-state index >= 15 is 0 Å². The van der Waals surface area contributed by atoms with Gasteiger partial charge in [-0.05, 0) is 18.9 Å². The number of aromatic hydroxyl groups is 1. The van der Waals surface area contributed by atoms with Gasteiger partial charge in [0.2, 0.25) is 0 Å². The van der Waals surface area contributed by atoms with E-state index in [2.05, 4.69) is 29.3 Å². The van der Waals surface area contributed by atoms with Gasteiger partial charge in [-0.25, -0.2) is 0 Å². The first-order valence-corrected chi connectivity index (χ1v) is 7.47. The van der Waals surface area contributed by atoms with Crippen molar-refractivity contribution in [3.05, 3.63) is 29.3 Å². The van der Waals surface area contributed by atoms with Gasteiger partial charge in [-0.2, -0.15) is 0 Å². The first-order chi connectivity index (χ1) is 9.24. The van der Waals surface area contributed by atoms with E-state index in [4.69, 9.17) is 0 Å². The molecule has 1 aliphatic heterocycles. The fourth-order valence-electron chi connectivity index (χ4n) is 2.88. The van der Waals surface area contributed by atoms with E-state index in [1.54, 1.807) is 0 Å². The quantitative estimate of drug-likeness (QED) is 0.856. The summed E-state index contributed by atoms with van der Waals surface area (Å²) in [5, 5.41) is 13.8. The maximum absolute atomic E-state index is 10.4. The summed E-state index contributed by atoms with van der Waals surface area (Å²) in [6.45, 7) is 8.45. The topological polar surface area (TPSA) is 35.5 Å². The number of para-hydroxylation sites is 1. The number of nitrogens with one attached hydrogen (secondary N) is 1. The average Bonchev–Trinajstić information content (AvgIpc) is 2.45. The van der Waals surface area contributed by atoms with E-state index in [1.165, 1.54) is 12.8 Å². The molecule has 0 unspecified atom stereocenters. The molecule has 0 aliphatic carbocycles. The van der Waals surface area contributed by atoms with E-state index in [-0.39, 0.29) is 0 Å². The van der Waals surface area contributed by atoms with Crippen LogP contribution in [-0.2, 0) is 0 Å². The van der Waals surface area contributed by atoms with Crippen LogP contribution >= 0.6 is 0 Å². The number of piperazine rings is 1. The van der Waals surface area contributed by atoms with Crippen LogP contribution in [0.1, 0.15) is 43.4 Å². The van der Waals surface area contributed by atoms with Crippen LogP contribution in [0.25, 0.3) is 0 Å². The van der Waals surface area contributed by atoms with Crippen molar-refractivity contribution in [1.29, 1.82) is 0 Å². The second-order valence-electron chi connectivity index (χ2n) is 5.46. The smallest absolute Gasteiger partial charge is 0.123 e. The van der Waals surface area contributed by atoms with Crippen molar-refractivity contribution in [2.24, 2.45) is 0 Å². The van der Waals surface area contributed by atoms with Crippen LogP contribution in [-0.4, -0.2) is 36.2 Å². The highest BCUT2D eigenvalue weighted by Gasteiger charge is 2.24. The minimum Gasteiger partial charge on any atom is -0.507 e. The monoisotopic (exact) mass is 262 g/mol. The van der Waals surface area contributed by atoms with Gasteiger partial charge >= 0.3 is 0 Å². The van der Waals surface area contributed by atoms with Gasteiger partial charge in [-0.15, -0.1) is 0 Å². The first kappa shape index (κ1) is 14.4. The second kappa shape index (κ2) is 6.92. The number of aryl methyl sites for hydroxylation is 1. The number of hydrogen-bond acceptors (Lipinski definition) is 3. The summed E-state index contributed by atoms with van der Waals surface area (Å²) in [6, 6.07) is 6.49. The molecule has 3 nitrogen and oxygen atoms in total. The first-order valence-electron chi connectivity index (χ1n) is 7.47. The lowest BCUT2D eigenvalue weighted by Gasteiger charge is -2.35. The van der Waals surface area contributed by atoms with Crippen molar-refractivity contribution < 1.29 is 5.11 Å². The molecule has 0 amide bonds. The van der Waals surface area contributed by atoms with Gasteiger partial charge in [0.15, 0.2) is 0 Å². The molecule has 3 heteroatoms. The average molecular weight is 262 g/mol. The highest BCUT2D eigenvalue weighted by Crippen LogP contribution is 2.34. The van der Waals surface area contributed by atoms with Crippen LogP contribution in [0.5, 0.6) is 5.75 Å². The Labute approximate surface area is 116 Å². The Bertz CT molecular complexity index is 400. The van der Waals surface area contributed by atoms with Crippen molar-refractivity contribution in [2.45, 2.75) is 39.2 Å². The molecular formula is C16H26N2O. The summed E-state index contributed by atoms with van der Waals surface area (Å²) in [4.78, 5) is 2.51. The van der Waals surface area contributed by atoms with E-state index in [0.29, 0.717) is 11.8 Å². The summed E-state index contributed by atoms with van der Waals surface area (Å²) in [7, 11) is 0. The Balaban J connectivity index is 2.22. The van der Waals surface area contributed by atoms with Gasteiger partial charge in [0, 0.05) is 37.8 Å². The predicted molar refractivity (Wildman–Crippen MR) is 79.6 cm³/mol. The summed E-state index contributed by atoms with van der Waals surface area (Å²) < 4.78 is 0. The molecule has 1 atom stereocenters. The standard InChI is InChI=1S/C16H26N2O/c1-3-4-8-15(18-11-9-17-10-12-18)14-7-5-6-13(2)16(14)19/h5-7,15,17,19H,3-4,8-12H2,1-2H3/t15-/m1/s1. The van der Waals surface area contributed by atoms with Gasteiger partial charge in [0.1, 0.15) is 5.75 Å². The van der Waals surface area contributed by atoms with Gasteiger partial charge in [0.25, 0.3) is 0 Å². The number of nitrogens with zero attached hydrogens (tertiary/aromatic N) is 1. The molecule has 106 valence electrons. The molecule has 0 aromatic heterocycles. The molecule has 1 aromatic carbocycles. The van der Waals surface area contributed by atoms with Gasteiger partial charge < -0.3 is 10.4 Å². The highest BCUT2D eigenvalue weighted by molar-refractivity contribution is 5.41. The fourth-order valence-corrected chi connectivity index (χ4v) is 2.88. The van der Waals surface area contributed by atoms with Crippen LogP contribution in [0.2, 0.25) is 0 Å². The van der Waals surface area contributed by atoms with Crippen molar-refractivity contribution in [1.82, 2.24) is 10.2 Å². The SMILES string of the molecule is CCCC[C@H](c1cccc(C)c1O)N1CCNCC1. The van der Waals surface area contributed by atoms with Crippen molar-refractivity contribution in [3.8, 4) is 5.75 Å². The molecule has 1 aromatic rings. The number of phenols is 1. The Hall–Kier alpha value is -1.06. The molecule has 1 aliphatic rings. The summed E-state index contributed by atoms with van der Waals surface area (Å²) in [6.07, 6.45) is 3.55. The van der Waals surface area contributed by atoms with Crippen molar-refractivity contribution >= 4 is 0 Å². The third kappa shape index (κ3) is 3.48. The molecule has 1 saturated heterocycles. The second-order valence-corrected chi connectivity index (χ2v) is 5.46. The lowest BCUT2D eigenvalue weighted by atomic mass is 9.96. The summed E-state index contributed by atoms with van der Waals surface area (Å²) >= 11 is 0. The fraction of sp³-hybridized carbons (Fsp3) is 0.625. The highest BCUT2D eigenvalue weighted by atomic mass is 16.3. The Morgan fingerprint density at radius 1 is 1.32 bits per heavy atom. The molecule has 2 N–H and O–H groups in total. The van der Waals surface area contributed by atoms with Crippen molar-refractivity contribution in [3.63, 3.8) is 0 Å². The van der Waals surface area contributed by atoms with Crippen molar-refractivity contribution in [2.75, 3.05) is 26.2 Å². The molecule has 0 radical (unpaired) electrons. The third-order valence-corrected chi connectivity index (χ3v) is 4.05. The van der Waals surface area contributed by atoms with Crippen LogP contribution in [0.3, 0.4) is 0 Å². The molecule has 0 bridgehead atoms. The van der Waals surface area contributed by atoms with Gasteiger partial charge in [0.05, 0.1) is 0 Å². The number of hydrogen-bond donors (Lipinski definition) is 2. The number of rotatable bonds is 5. The Morgan fingerprint density at radius 3 is 2.74 bits per heavy atom. The lowest BCUT2D eigenvalue weighted by Crippen LogP contribution is -2.45. The van der Waals surface area contributed by atoms with E-state index in [1.807, 2.05) is 13.0 Å². The minimum absolute atomic E-state index is 0.363. The molecule has 1 fully saturated rings. The molecule has 0 saturated carbocycles. The summed E-state index contributed by atoms with van der Waals surface area (Å²) in [5.74, 6) is 0.488. The normalized spacial score (nSPS) is 18.4. The predicted octanol–water partition coefficient (Wildman–Crippen LogP) is 2.84. The van der Waals surface area contributed by atoms with Gasteiger partial charge in [-0.3, -0.25) is 4.90 Å². The lowest BCUT2D eigenvalue weighted by molar-refractivity contribution is 0.160. The van der Waals surface area contributed by atoms with E-state index in [0.717, 1.165) is 43.7 Å². The maximum Gasteiger partial charge on any atom is 0.123 e. The van der Waals surface area contributed by atoms with E-state index in [9.17, 15) is 5.11 Å². The van der Waals surface area contributed by atoms with Gasteiger partial charge in [-0.1, -0.05) is 38.0 Å². The minimum atomic E-state index is 0.363. The van der Waals surface area contributed by atoms with Crippen LogP contribution in [0, 0.1) is 6.92 Å². The molecule has 0 spiro atoms.